The third kappa shape index (κ3) is 4.36. The van der Waals surface area contributed by atoms with Gasteiger partial charge in [0.1, 0.15) is 0 Å². The van der Waals surface area contributed by atoms with E-state index < -0.39 is 0 Å². The Hall–Kier alpha value is -2.62. The van der Waals surface area contributed by atoms with Crippen molar-refractivity contribution in [2.45, 2.75) is 13.0 Å². The van der Waals surface area contributed by atoms with E-state index in [2.05, 4.69) is 41.3 Å². The predicted octanol–water partition coefficient (Wildman–Crippen LogP) is 5.20. The van der Waals surface area contributed by atoms with Crippen LogP contribution in [0, 0.1) is 6.92 Å². The highest BCUT2D eigenvalue weighted by molar-refractivity contribution is 6.30. The molecular weight excluding hydrogens is 380 g/mol. The highest BCUT2D eigenvalue weighted by Crippen LogP contribution is 2.30. The molecule has 0 radical (unpaired) electrons. The second-order valence-electron chi connectivity index (χ2n) is 7.51. The Balaban J connectivity index is 1.53. The van der Waals surface area contributed by atoms with Crippen LogP contribution in [-0.4, -0.2) is 41.9 Å². The molecule has 1 fully saturated rings. The first kappa shape index (κ1) is 19.7. The lowest BCUT2D eigenvalue weighted by molar-refractivity contribution is 0.0596. The molecule has 148 valence electrons. The van der Waals surface area contributed by atoms with Gasteiger partial charge in [0.15, 0.2) is 0 Å². The smallest absolute Gasteiger partial charge is 0.254 e. The fraction of sp³-hybridized carbons (Fsp3) is 0.240. The van der Waals surface area contributed by atoms with Gasteiger partial charge >= 0.3 is 0 Å². The predicted molar refractivity (Wildman–Crippen MR) is 118 cm³/mol. The number of nitrogens with zero attached hydrogens (tertiary/aromatic N) is 2. The van der Waals surface area contributed by atoms with Gasteiger partial charge in [0.2, 0.25) is 0 Å². The molecule has 0 spiro atoms. The Morgan fingerprint density at radius 2 is 1.38 bits per heavy atom. The lowest BCUT2D eigenvalue weighted by Gasteiger charge is -2.40. The SMILES string of the molecule is Cc1ccccc1C(=O)N1CCN([C@@H](c2ccccc2)c2ccc(Cl)cc2)CC1. The van der Waals surface area contributed by atoms with Crippen molar-refractivity contribution in [1.29, 1.82) is 0 Å². The summed E-state index contributed by atoms with van der Waals surface area (Å²) in [5, 5.41) is 0.745. The molecule has 3 aromatic carbocycles. The molecule has 29 heavy (non-hydrogen) atoms. The second-order valence-corrected chi connectivity index (χ2v) is 7.94. The minimum atomic E-state index is 0.130. The largest absolute Gasteiger partial charge is 0.336 e. The number of hydrogen-bond donors (Lipinski definition) is 0. The van der Waals surface area contributed by atoms with Gasteiger partial charge < -0.3 is 4.90 Å². The van der Waals surface area contributed by atoms with Gasteiger partial charge in [0.05, 0.1) is 6.04 Å². The molecule has 1 amide bonds. The molecule has 3 nitrogen and oxygen atoms in total. The zero-order valence-electron chi connectivity index (χ0n) is 16.6. The van der Waals surface area contributed by atoms with Gasteiger partial charge in [0.25, 0.3) is 5.91 Å². The Kier molecular flexibility index (Phi) is 5.98. The van der Waals surface area contributed by atoms with Gasteiger partial charge in [-0.2, -0.15) is 0 Å². The summed E-state index contributed by atoms with van der Waals surface area (Å²) in [5.41, 5.74) is 4.31. The Bertz CT molecular complexity index is 964. The fourth-order valence-corrected chi connectivity index (χ4v) is 4.19. The number of benzene rings is 3. The van der Waals surface area contributed by atoms with E-state index in [-0.39, 0.29) is 11.9 Å². The minimum Gasteiger partial charge on any atom is -0.336 e. The summed E-state index contributed by atoms with van der Waals surface area (Å²) < 4.78 is 0. The monoisotopic (exact) mass is 404 g/mol. The van der Waals surface area contributed by atoms with E-state index in [0.717, 1.165) is 42.3 Å². The number of amides is 1. The number of aryl methyl sites for hydroxylation is 1. The summed E-state index contributed by atoms with van der Waals surface area (Å²) >= 11 is 6.12. The first-order chi connectivity index (χ1) is 14.1. The van der Waals surface area contributed by atoms with Gasteiger partial charge in [0, 0.05) is 36.8 Å². The van der Waals surface area contributed by atoms with Gasteiger partial charge in [-0.15, -0.1) is 0 Å². The van der Waals surface area contributed by atoms with Crippen LogP contribution in [-0.2, 0) is 0 Å². The van der Waals surface area contributed by atoms with Gasteiger partial charge in [-0.1, -0.05) is 72.3 Å². The molecule has 0 N–H and O–H groups in total. The third-order valence-electron chi connectivity index (χ3n) is 5.64. The molecule has 4 rings (SSSR count). The molecule has 1 saturated heterocycles. The standard InChI is InChI=1S/C25H25ClN2O/c1-19-7-5-6-10-23(19)25(29)28-17-15-27(16-18-28)24(20-8-3-2-4-9-20)21-11-13-22(26)14-12-21/h2-14,24H,15-18H2,1H3/t24-/m0/s1. The average Bonchev–Trinajstić information content (AvgIpc) is 2.76. The molecule has 0 aromatic heterocycles. The molecule has 1 aliphatic heterocycles. The van der Waals surface area contributed by atoms with Crippen molar-refractivity contribution >= 4 is 17.5 Å². The van der Waals surface area contributed by atoms with Gasteiger partial charge in [-0.3, -0.25) is 9.69 Å². The van der Waals surface area contributed by atoms with Crippen LogP contribution in [0.1, 0.15) is 33.1 Å². The van der Waals surface area contributed by atoms with Crippen LogP contribution >= 0.6 is 11.6 Å². The topological polar surface area (TPSA) is 23.6 Å². The van der Waals surface area contributed by atoms with E-state index in [0.29, 0.717) is 0 Å². The Morgan fingerprint density at radius 3 is 2.03 bits per heavy atom. The number of rotatable bonds is 4. The normalized spacial score (nSPS) is 15.9. The molecular formula is C25H25ClN2O. The third-order valence-corrected chi connectivity index (χ3v) is 5.90. The average molecular weight is 405 g/mol. The summed E-state index contributed by atoms with van der Waals surface area (Å²) in [4.78, 5) is 17.4. The molecule has 0 saturated carbocycles. The molecule has 1 atom stereocenters. The zero-order chi connectivity index (χ0) is 20.2. The molecule has 0 bridgehead atoms. The van der Waals surface area contributed by atoms with Crippen LogP contribution in [0.2, 0.25) is 5.02 Å². The van der Waals surface area contributed by atoms with Crippen LogP contribution in [0.5, 0.6) is 0 Å². The van der Waals surface area contributed by atoms with Crippen LogP contribution in [0.25, 0.3) is 0 Å². The van der Waals surface area contributed by atoms with E-state index in [1.165, 1.54) is 11.1 Å². The van der Waals surface area contributed by atoms with E-state index in [4.69, 9.17) is 11.6 Å². The maximum atomic E-state index is 13.0. The summed E-state index contributed by atoms with van der Waals surface area (Å²) in [6.07, 6.45) is 0. The summed E-state index contributed by atoms with van der Waals surface area (Å²) in [6, 6.07) is 26.6. The summed E-state index contributed by atoms with van der Waals surface area (Å²) in [7, 11) is 0. The Labute approximate surface area is 177 Å². The summed E-state index contributed by atoms with van der Waals surface area (Å²) in [6.45, 7) is 5.11. The number of carbonyl (C=O) groups is 1. The minimum absolute atomic E-state index is 0.130. The van der Waals surface area contributed by atoms with Crippen molar-refractivity contribution in [3.05, 3.63) is 106 Å². The van der Waals surface area contributed by atoms with Gasteiger partial charge in [-0.05, 0) is 41.8 Å². The van der Waals surface area contributed by atoms with Gasteiger partial charge in [-0.25, -0.2) is 0 Å². The number of hydrogen-bond acceptors (Lipinski definition) is 2. The number of halogens is 1. The fourth-order valence-electron chi connectivity index (χ4n) is 4.06. The lowest BCUT2D eigenvalue weighted by atomic mass is 9.96. The maximum Gasteiger partial charge on any atom is 0.254 e. The van der Waals surface area contributed by atoms with E-state index in [1.807, 2.05) is 54.3 Å². The van der Waals surface area contributed by atoms with Crippen LogP contribution in [0.3, 0.4) is 0 Å². The van der Waals surface area contributed by atoms with Crippen molar-refractivity contribution in [3.63, 3.8) is 0 Å². The van der Waals surface area contributed by atoms with Crippen LogP contribution in [0.4, 0.5) is 0 Å². The van der Waals surface area contributed by atoms with Crippen molar-refractivity contribution in [2.75, 3.05) is 26.2 Å². The molecule has 0 unspecified atom stereocenters. The van der Waals surface area contributed by atoms with Crippen molar-refractivity contribution < 1.29 is 4.79 Å². The van der Waals surface area contributed by atoms with Crippen molar-refractivity contribution in [1.82, 2.24) is 9.80 Å². The second kappa shape index (κ2) is 8.81. The first-order valence-corrected chi connectivity index (χ1v) is 10.4. The lowest BCUT2D eigenvalue weighted by Crippen LogP contribution is -2.50. The van der Waals surface area contributed by atoms with E-state index in [9.17, 15) is 4.79 Å². The molecule has 4 heteroatoms. The number of piperazine rings is 1. The quantitative estimate of drug-likeness (QED) is 0.597. The van der Waals surface area contributed by atoms with E-state index >= 15 is 0 Å². The maximum absolute atomic E-state index is 13.0. The molecule has 1 aliphatic rings. The summed E-state index contributed by atoms with van der Waals surface area (Å²) in [5.74, 6) is 0.130. The first-order valence-electron chi connectivity index (χ1n) is 10.0. The van der Waals surface area contributed by atoms with E-state index in [1.54, 1.807) is 0 Å². The molecule has 0 aliphatic carbocycles. The van der Waals surface area contributed by atoms with Crippen molar-refractivity contribution in [3.8, 4) is 0 Å². The zero-order valence-corrected chi connectivity index (χ0v) is 17.3. The van der Waals surface area contributed by atoms with Crippen molar-refractivity contribution in [2.24, 2.45) is 0 Å². The van der Waals surface area contributed by atoms with Crippen LogP contribution in [0.15, 0.2) is 78.9 Å². The number of carbonyl (C=O) groups excluding carboxylic acids is 1. The highest BCUT2D eigenvalue weighted by atomic mass is 35.5. The molecule has 1 heterocycles. The highest BCUT2D eigenvalue weighted by Gasteiger charge is 2.28. The van der Waals surface area contributed by atoms with Crippen LogP contribution < -0.4 is 0 Å². The molecule has 3 aromatic rings. The Morgan fingerprint density at radius 1 is 0.793 bits per heavy atom.